The number of nitrogens with one attached hydrogen (secondary N) is 1. The standard InChI is InChI=1S/C10H7ClN4S2/c11-10-14-6(8-12-1-3-16-8)5-7(15-10)9-13-2-4-17-9/h1-6H,(H,14,15). The van der Waals surface area contributed by atoms with Gasteiger partial charge in [0.25, 0.3) is 0 Å². The average Bonchev–Trinajstić information content (AvgIpc) is 3.02. The number of hydrogen-bond acceptors (Lipinski definition) is 6. The van der Waals surface area contributed by atoms with Crippen LogP contribution in [0.4, 0.5) is 0 Å². The summed E-state index contributed by atoms with van der Waals surface area (Å²) in [5.74, 6) is 0. The fraction of sp³-hybridized carbons (Fsp3) is 0.100. The number of hydrogen-bond donors (Lipinski definition) is 1. The summed E-state index contributed by atoms with van der Waals surface area (Å²) < 4.78 is 0. The van der Waals surface area contributed by atoms with Crippen LogP contribution in [0.15, 0.2) is 34.2 Å². The lowest BCUT2D eigenvalue weighted by Crippen LogP contribution is -2.22. The summed E-state index contributed by atoms with van der Waals surface area (Å²) in [6, 6.07) is -0.123. The highest BCUT2D eigenvalue weighted by Crippen LogP contribution is 2.28. The first-order valence-corrected chi connectivity index (χ1v) is 6.98. The third-order valence-corrected chi connectivity index (χ3v) is 4.03. The summed E-state index contributed by atoms with van der Waals surface area (Å²) in [5.41, 5.74) is 0.889. The molecule has 0 saturated carbocycles. The lowest BCUT2D eigenvalue weighted by Gasteiger charge is -2.16. The minimum Gasteiger partial charge on any atom is -0.328 e. The zero-order valence-electron chi connectivity index (χ0n) is 8.50. The van der Waals surface area contributed by atoms with Gasteiger partial charge in [-0.15, -0.1) is 22.7 Å². The van der Waals surface area contributed by atoms with Crippen molar-refractivity contribution in [3.05, 3.63) is 39.2 Å². The molecule has 1 aliphatic rings. The Kier molecular flexibility index (Phi) is 2.92. The van der Waals surface area contributed by atoms with Gasteiger partial charge in [-0.2, -0.15) is 0 Å². The maximum atomic E-state index is 5.99. The fourth-order valence-corrected chi connectivity index (χ4v) is 2.96. The molecule has 4 nitrogen and oxygen atoms in total. The molecule has 2 aromatic rings. The quantitative estimate of drug-likeness (QED) is 0.862. The van der Waals surface area contributed by atoms with E-state index < -0.39 is 0 Å². The van der Waals surface area contributed by atoms with Gasteiger partial charge in [-0.3, -0.25) is 0 Å². The van der Waals surface area contributed by atoms with Gasteiger partial charge in [0, 0.05) is 23.2 Å². The van der Waals surface area contributed by atoms with E-state index in [1.807, 2.05) is 16.8 Å². The van der Waals surface area contributed by atoms with Crippen molar-refractivity contribution in [3.63, 3.8) is 0 Å². The summed E-state index contributed by atoms with van der Waals surface area (Å²) >= 11 is 9.11. The van der Waals surface area contributed by atoms with Crippen LogP contribution in [-0.2, 0) is 0 Å². The minimum atomic E-state index is -0.123. The molecule has 0 fully saturated rings. The molecule has 0 spiro atoms. The van der Waals surface area contributed by atoms with Crippen LogP contribution in [0.25, 0.3) is 5.70 Å². The van der Waals surface area contributed by atoms with Crippen LogP contribution >= 0.6 is 34.3 Å². The molecule has 3 heterocycles. The van der Waals surface area contributed by atoms with Crippen molar-refractivity contribution in [1.82, 2.24) is 15.3 Å². The van der Waals surface area contributed by atoms with Gasteiger partial charge in [-0.1, -0.05) is 0 Å². The van der Waals surface area contributed by atoms with Crippen LogP contribution in [0, 0.1) is 0 Å². The molecular formula is C10H7ClN4S2. The molecule has 1 unspecified atom stereocenters. The van der Waals surface area contributed by atoms with Crippen molar-refractivity contribution >= 4 is 45.3 Å². The first-order valence-electron chi connectivity index (χ1n) is 4.84. The van der Waals surface area contributed by atoms with Gasteiger partial charge in [-0.25, -0.2) is 15.0 Å². The topological polar surface area (TPSA) is 50.2 Å². The first kappa shape index (κ1) is 10.9. The molecule has 2 aromatic heterocycles. The molecule has 1 aliphatic heterocycles. The van der Waals surface area contributed by atoms with Crippen molar-refractivity contribution in [2.75, 3.05) is 0 Å². The van der Waals surface area contributed by atoms with E-state index in [0.29, 0.717) is 5.29 Å². The molecule has 0 aliphatic carbocycles. The van der Waals surface area contributed by atoms with E-state index in [9.17, 15) is 0 Å². The third-order valence-electron chi connectivity index (χ3n) is 2.18. The Morgan fingerprint density at radius 3 is 2.71 bits per heavy atom. The minimum absolute atomic E-state index is 0.123. The van der Waals surface area contributed by atoms with Crippen LogP contribution in [0.1, 0.15) is 16.1 Å². The van der Waals surface area contributed by atoms with Crippen molar-refractivity contribution < 1.29 is 0 Å². The molecule has 0 bridgehead atoms. The Hall–Kier alpha value is -1.24. The number of rotatable bonds is 2. The second-order valence-electron chi connectivity index (χ2n) is 3.28. The van der Waals surface area contributed by atoms with Gasteiger partial charge in [-0.05, 0) is 17.7 Å². The Labute approximate surface area is 111 Å². The molecule has 1 atom stereocenters. The average molecular weight is 283 g/mol. The van der Waals surface area contributed by atoms with E-state index in [1.54, 1.807) is 35.1 Å². The summed E-state index contributed by atoms with van der Waals surface area (Å²) in [4.78, 5) is 12.8. The smallest absolute Gasteiger partial charge is 0.196 e. The van der Waals surface area contributed by atoms with Crippen LogP contribution in [-0.4, -0.2) is 15.3 Å². The van der Waals surface area contributed by atoms with Crippen LogP contribution in [0.5, 0.6) is 0 Å². The molecule has 0 amide bonds. The molecule has 1 N–H and O–H groups in total. The molecule has 86 valence electrons. The molecule has 17 heavy (non-hydrogen) atoms. The summed E-state index contributed by atoms with van der Waals surface area (Å²) in [6.07, 6.45) is 5.52. The Morgan fingerprint density at radius 2 is 2.00 bits per heavy atom. The van der Waals surface area contributed by atoms with Crippen LogP contribution in [0.3, 0.4) is 0 Å². The van der Waals surface area contributed by atoms with Gasteiger partial charge < -0.3 is 5.32 Å². The number of amidine groups is 1. The monoisotopic (exact) mass is 282 g/mol. The highest BCUT2D eigenvalue weighted by Gasteiger charge is 2.19. The normalized spacial score (nSPS) is 19.5. The zero-order chi connectivity index (χ0) is 11.7. The third kappa shape index (κ3) is 2.24. The summed E-state index contributed by atoms with van der Waals surface area (Å²) in [7, 11) is 0. The predicted octanol–water partition coefficient (Wildman–Crippen LogP) is 2.88. The fourth-order valence-electron chi connectivity index (χ4n) is 1.49. The molecule has 7 heteroatoms. The van der Waals surface area contributed by atoms with Crippen molar-refractivity contribution in [2.24, 2.45) is 4.99 Å². The summed E-state index contributed by atoms with van der Waals surface area (Å²) in [6.45, 7) is 0. The maximum Gasteiger partial charge on any atom is 0.196 e. The van der Waals surface area contributed by atoms with Gasteiger partial charge in [0.1, 0.15) is 16.1 Å². The van der Waals surface area contributed by atoms with E-state index in [4.69, 9.17) is 11.6 Å². The molecule has 3 rings (SSSR count). The van der Waals surface area contributed by atoms with E-state index in [1.165, 1.54) is 0 Å². The van der Waals surface area contributed by atoms with E-state index in [2.05, 4.69) is 20.3 Å². The van der Waals surface area contributed by atoms with Crippen LogP contribution < -0.4 is 5.32 Å². The Morgan fingerprint density at radius 1 is 1.18 bits per heavy atom. The second kappa shape index (κ2) is 4.56. The Bertz CT molecular complexity index is 559. The molecule has 0 radical (unpaired) electrons. The first-order chi connectivity index (χ1) is 8.33. The van der Waals surface area contributed by atoms with Crippen molar-refractivity contribution in [3.8, 4) is 0 Å². The summed E-state index contributed by atoms with van der Waals surface area (Å²) in [5, 5.41) is 9.07. The number of nitrogens with zero attached hydrogens (tertiary/aromatic N) is 3. The van der Waals surface area contributed by atoms with Crippen molar-refractivity contribution in [1.29, 1.82) is 0 Å². The van der Waals surface area contributed by atoms with E-state index >= 15 is 0 Å². The lowest BCUT2D eigenvalue weighted by molar-refractivity contribution is 0.873. The maximum absolute atomic E-state index is 5.99. The Balaban J connectivity index is 1.97. The van der Waals surface area contributed by atoms with Gasteiger partial charge >= 0.3 is 0 Å². The zero-order valence-corrected chi connectivity index (χ0v) is 10.9. The lowest BCUT2D eigenvalue weighted by atomic mass is 10.2. The SMILES string of the molecule is ClC1=NC(c2nccs2)C=C(c2nccs2)N1. The van der Waals surface area contributed by atoms with Gasteiger partial charge in [0.15, 0.2) is 5.29 Å². The predicted molar refractivity (Wildman–Crippen MR) is 71.4 cm³/mol. The highest BCUT2D eigenvalue weighted by molar-refractivity contribution is 7.10. The van der Waals surface area contributed by atoms with E-state index in [-0.39, 0.29) is 6.04 Å². The molecule has 0 aromatic carbocycles. The number of aliphatic imine (C=N–C) groups is 1. The van der Waals surface area contributed by atoms with Gasteiger partial charge in [0.2, 0.25) is 0 Å². The van der Waals surface area contributed by atoms with Crippen LogP contribution in [0.2, 0.25) is 0 Å². The number of halogens is 1. The second-order valence-corrected chi connectivity index (χ2v) is 5.46. The molecular weight excluding hydrogens is 276 g/mol. The van der Waals surface area contributed by atoms with E-state index in [0.717, 1.165) is 15.7 Å². The van der Waals surface area contributed by atoms with Gasteiger partial charge in [0.05, 0.1) is 5.70 Å². The number of thiazole rings is 2. The largest absolute Gasteiger partial charge is 0.328 e. The molecule has 0 saturated heterocycles. The number of aromatic nitrogens is 2. The highest BCUT2D eigenvalue weighted by atomic mass is 35.5. The van der Waals surface area contributed by atoms with Crippen molar-refractivity contribution in [2.45, 2.75) is 6.04 Å².